The van der Waals surface area contributed by atoms with Crippen LogP contribution in [-0.2, 0) is 11.3 Å². The lowest BCUT2D eigenvalue weighted by molar-refractivity contribution is 0.0168. The quantitative estimate of drug-likeness (QED) is 0.363. The Bertz CT molecular complexity index is 617. The van der Waals surface area contributed by atoms with Crippen molar-refractivity contribution in [3.63, 3.8) is 0 Å². The van der Waals surface area contributed by atoms with Crippen LogP contribution in [0.3, 0.4) is 0 Å². The van der Waals surface area contributed by atoms with Gasteiger partial charge in [-0.15, -0.1) is 24.0 Å². The topological polar surface area (TPSA) is 66.0 Å². The maximum absolute atomic E-state index is 12.3. The van der Waals surface area contributed by atoms with Gasteiger partial charge in [-0.2, -0.15) is 0 Å². The third-order valence-electron chi connectivity index (χ3n) is 4.34. The lowest BCUT2D eigenvalue weighted by Crippen LogP contribution is -2.47. The maximum atomic E-state index is 12.3. The predicted octanol–water partition coefficient (Wildman–Crippen LogP) is 4.01. The molecule has 1 heterocycles. The summed E-state index contributed by atoms with van der Waals surface area (Å²) in [6, 6.07) is 10.2. The summed E-state index contributed by atoms with van der Waals surface area (Å²) in [6.45, 7) is 11.5. The van der Waals surface area contributed by atoms with Crippen molar-refractivity contribution in [3.8, 4) is 0 Å². The average Bonchev–Trinajstić information content (AvgIpc) is 2.64. The Morgan fingerprint density at radius 3 is 2.61 bits per heavy atom. The number of aliphatic imine (C=N–C) groups is 1. The minimum absolute atomic E-state index is 0. The fourth-order valence-electron chi connectivity index (χ4n) is 3.06. The maximum Gasteiger partial charge on any atom is 0.410 e. The van der Waals surface area contributed by atoms with E-state index in [-0.39, 0.29) is 30.1 Å². The molecule has 1 unspecified atom stereocenters. The summed E-state index contributed by atoms with van der Waals surface area (Å²) in [5, 5.41) is 6.72. The number of amides is 1. The van der Waals surface area contributed by atoms with Gasteiger partial charge in [0.1, 0.15) is 5.60 Å². The zero-order valence-corrected chi connectivity index (χ0v) is 19.9. The van der Waals surface area contributed by atoms with Crippen molar-refractivity contribution in [3.05, 3.63) is 35.9 Å². The van der Waals surface area contributed by atoms with Gasteiger partial charge in [-0.25, -0.2) is 9.79 Å². The van der Waals surface area contributed by atoms with Crippen LogP contribution in [0.2, 0.25) is 0 Å². The number of nitrogens with zero attached hydrogens (tertiary/aromatic N) is 2. The summed E-state index contributed by atoms with van der Waals surface area (Å²) in [5.74, 6) is 1.21. The second kappa shape index (κ2) is 12.1. The van der Waals surface area contributed by atoms with Crippen LogP contribution >= 0.6 is 24.0 Å². The Labute approximate surface area is 186 Å². The summed E-state index contributed by atoms with van der Waals surface area (Å²) < 4.78 is 5.51. The number of ether oxygens (including phenoxy) is 1. The number of likely N-dealkylation sites (tertiary alicyclic amines) is 1. The molecule has 1 aliphatic rings. The number of guanidine groups is 1. The fraction of sp³-hybridized carbons (Fsp3) is 0.619. The molecule has 0 aliphatic carbocycles. The Morgan fingerprint density at radius 2 is 1.96 bits per heavy atom. The van der Waals surface area contributed by atoms with E-state index in [2.05, 4.69) is 34.7 Å². The molecule has 1 atom stereocenters. The number of halogens is 1. The summed E-state index contributed by atoms with van der Waals surface area (Å²) in [5.41, 5.74) is 0.730. The van der Waals surface area contributed by atoms with E-state index in [1.165, 1.54) is 5.56 Å². The average molecular weight is 502 g/mol. The molecule has 1 amide bonds. The van der Waals surface area contributed by atoms with Crippen LogP contribution in [0.15, 0.2) is 35.3 Å². The second-order valence-corrected chi connectivity index (χ2v) is 8.00. The Hall–Kier alpha value is -1.51. The van der Waals surface area contributed by atoms with Crippen molar-refractivity contribution in [1.29, 1.82) is 0 Å². The van der Waals surface area contributed by atoms with E-state index in [4.69, 9.17) is 4.74 Å². The van der Waals surface area contributed by atoms with Gasteiger partial charge in [0.05, 0.1) is 6.54 Å². The highest BCUT2D eigenvalue weighted by molar-refractivity contribution is 14.0. The van der Waals surface area contributed by atoms with E-state index in [0.29, 0.717) is 12.5 Å². The van der Waals surface area contributed by atoms with Crippen molar-refractivity contribution in [2.45, 2.75) is 52.7 Å². The van der Waals surface area contributed by atoms with Gasteiger partial charge in [0.2, 0.25) is 0 Å². The first-order valence-electron chi connectivity index (χ1n) is 9.91. The van der Waals surface area contributed by atoms with Crippen LogP contribution in [0.5, 0.6) is 0 Å². The molecule has 0 saturated carbocycles. The van der Waals surface area contributed by atoms with Gasteiger partial charge in [-0.1, -0.05) is 30.3 Å². The monoisotopic (exact) mass is 502 g/mol. The molecule has 1 fully saturated rings. The van der Waals surface area contributed by atoms with Crippen LogP contribution in [-0.4, -0.2) is 48.7 Å². The highest BCUT2D eigenvalue weighted by Crippen LogP contribution is 2.18. The van der Waals surface area contributed by atoms with E-state index >= 15 is 0 Å². The summed E-state index contributed by atoms with van der Waals surface area (Å²) in [4.78, 5) is 18.8. The first-order valence-corrected chi connectivity index (χ1v) is 9.91. The van der Waals surface area contributed by atoms with Crippen LogP contribution in [0.1, 0.15) is 46.1 Å². The highest BCUT2D eigenvalue weighted by atomic mass is 127. The second-order valence-electron chi connectivity index (χ2n) is 8.00. The SMILES string of the molecule is CCNC(=NCc1ccccc1)NCC1CCCN(C(=O)OC(C)(C)C)C1.I. The van der Waals surface area contributed by atoms with Crippen LogP contribution in [0.4, 0.5) is 4.79 Å². The first-order chi connectivity index (χ1) is 12.9. The third kappa shape index (κ3) is 9.12. The van der Waals surface area contributed by atoms with Crippen LogP contribution < -0.4 is 10.6 Å². The predicted molar refractivity (Wildman–Crippen MR) is 125 cm³/mol. The normalized spacial score (nSPS) is 17.5. The number of hydrogen-bond donors (Lipinski definition) is 2. The number of carbonyl (C=O) groups excluding carboxylic acids is 1. The minimum Gasteiger partial charge on any atom is -0.444 e. The molecule has 2 rings (SSSR count). The van der Waals surface area contributed by atoms with E-state index in [9.17, 15) is 4.79 Å². The zero-order valence-electron chi connectivity index (χ0n) is 17.5. The summed E-state index contributed by atoms with van der Waals surface area (Å²) in [6.07, 6.45) is 1.89. The Kier molecular flexibility index (Phi) is 10.6. The van der Waals surface area contributed by atoms with E-state index in [0.717, 1.165) is 45.0 Å². The molecule has 0 radical (unpaired) electrons. The number of piperidine rings is 1. The number of carbonyl (C=O) groups is 1. The molecular weight excluding hydrogens is 467 g/mol. The number of hydrogen-bond acceptors (Lipinski definition) is 3. The first kappa shape index (κ1) is 24.5. The number of benzene rings is 1. The zero-order chi connectivity index (χ0) is 19.7. The van der Waals surface area contributed by atoms with Crippen molar-refractivity contribution in [2.75, 3.05) is 26.2 Å². The van der Waals surface area contributed by atoms with Gasteiger partial charge in [-0.05, 0) is 52.0 Å². The molecule has 1 saturated heterocycles. The van der Waals surface area contributed by atoms with Gasteiger partial charge in [0.25, 0.3) is 0 Å². The molecule has 0 spiro atoms. The lowest BCUT2D eigenvalue weighted by atomic mass is 9.98. The minimum atomic E-state index is -0.454. The van der Waals surface area contributed by atoms with Gasteiger partial charge >= 0.3 is 6.09 Å². The summed E-state index contributed by atoms with van der Waals surface area (Å²) >= 11 is 0. The van der Waals surface area contributed by atoms with Crippen LogP contribution in [0, 0.1) is 5.92 Å². The smallest absolute Gasteiger partial charge is 0.410 e. The van der Waals surface area contributed by atoms with E-state index in [1.54, 1.807) is 0 Å². The molecule has 1 aliphatic heterocycles. The van der Waals surface area contributed by atoms with Crippen molar-refractivity contribution in [1.82, 2.24) is 15.5 Å². The van der Waals surface area contributed by atoms with Gasteiger partial charge < -0.3 is 20.3 Å². The highest BCUT2D eigenvalue weighted by Gasteiger charge is 2.27. The van der Waals surface area contributed by atoms with Crippen molar-refractivity contribution in [2.24, 2.45) is 10.9 Å². The molecule has 2 N–H and O–H groups in total. The molecule has 158 valence electrons. The Balaban J connectivity index is 0.00000392. The molecular formula is C21H35IN4O2. The third-order valence-corrected chi connectivity index (χ3v) is 4.34. The number of nitrogens with one attached hydrogen (secondary N) is 2. The van der Waals surface area contributed by atoms with Crippen molar-refractivity contribution >= 4 is 36.0 Å². The fourth-order valence-corrected chi connectivity index (χ4v) is 3.06. The number of rotatable bonds is 5. The van der Waals surface area contributed by atoms with Crippen molar-refractivity contribution < 1.29 is 9.53 Å². The molecule has 1 aromatic rings. The van der Waals surface area contributed by atoms with Crippen LogP contribution in [0.25, 0.3) is 0 Å². The lowest BCUT2D eigenvalue weighted by Gasteiger charge is -2.34. The molecule has 1 aromatic carbocycles. The van der Waals surface area contributed by atoms with Gasteiger partial charge in [0.15, 0.2) is 5.96 Å². The molecule has 0 aromatic heterocycles. The molecule has 6 nitrogen and oxygen atoms in total. The summed E-state index contributed by atoms with van der Waals surface area (Å²) in [7, 11) is 0. The van der Waals surface area contributed by atoms with Gasteiger partial charge in [-0.3, -0.25) is 0 Å². The van der Waals surface area contributed by atoms with E-state index < -0.39 is 5.60 Å². The molecule has 0 bridgehead atoms. The molecule has 28 heavy (non-hydrogen) atoms. The largest absolute Gasteiger partial charge is 0.444 e. The van der Waals surface area contributed by atoms with Gasteiger partial charge in [0, 0.05) is 26.2 Å². The Morgan fingerprint density at radius 1 is 1.25 bits per heavy atom. The molecule has 7 heteroatoms. The standard InChI is InChI=1S/C21H34N4O2.HI/c1-5-22-19(23-14-17-10-7-6-8-11-17)24-15-18-12-9-13-25(16-18)20(26)27-21(2,3)4;/h6-8,10-11,18H,5,9,12-16H2,1-4H3,(H2,22,23,24);1H. The van der Waals surface area contributed by atoms with E-state index in [1.807, 2.05) is 43.9 Å².